The van der Waals surface area contributed by atoms with Gasteiger partial charge in [-0.2, -0.15) is 0 Å². The number of rotatable bonds is 5. The van der Waals surface area contributed by atoms with Crippen LogP contribution in [0.1, 0.15) is 81.3 Å². The van der Waals surface area contributed by atoms with Crippen LogP contribution in [0.15, 0.2) is 60.2 Å². The quantitative estimate of drug-likeness (QED) is 0.253. The largest absolute Gasteiger partial charge is 0.467 e. The molecule has 9 nitrogen and oxygen atoms in total. The Balaban J connectivity index is 1.33. The van der Waals surface area contributed by atoms with E-state index in [9.17, 15) is 14.7 Å². The third-order valence-electron chi connectivity index (χ3n) is 15.3. The number of anilines is 1. The van der Waals surface area contributed by atoms with E-state index in [-0.39, 0.29) is 11.5 Å². The fraction of sp³-hybridized carbons (Fsp3) is 0.565. The van der Waals surface area contributed by atoms with Gasteiger partial charge in [-0.25, -0.2) is 4.79 Å². The Morgan fingerprint density at radius 1 is 1.05 bits per heavy atom. The molecule has 5 aliphatic heterocycles. The van der Waals surface area contributed by atoms with E-state index in [1.165, 1.54) is 58.5 Å². The Labute approximate surface area is 325 Å². The maximum Gasteiger partial charge on any atom is 0.344 e. The number of carbonyl (C=O) groups is 2. The number of ether oxygens (including phenoxy) is 2. The van der Waals surface area contributed by atoms with Crippen LogP contribution in [0.5, 0.6) is 0 Å². The van der Waals surface area contributed by atoms with E-state index < -0.39 is 40.5 Å². The highest BCUT2D eigenvalue weighted by Crippen LogP contribution is 2.68. The molecule has 2 bridgehead atoms. The van der Waals surface area contributed by atoms with Gasteiger partial charge in [0.2, 0.25) is 5.60 Å². The minimum absolute atomic E-state index is 0.114. The van der Waals surface area contributed by atoms with Crippen LogP contribution in [-0.4, -0.2) is 102 Å². The minimum Gasteiger partial charge on any atom is -0.467 e. The average molecular weight is 747 g/mol. The Morgan fingerprint density at radius 3 is 2.56 bits per heavy atom. The van der Waals surface area contributed by atoms with Gasteiger partial charge in [0.05, 0.1) is 13.2 Å². The first-order chi connectivity index (χ1) is 26.3. The number of hydrogen-bond acceptors (Lipinski definition) is 8. The lowest BCUT2D eigenvalue weighted by molar-refractivity contribution is -0.228. The van der Waals surface area contributed by atoms with Crippen molar-refractivity contribution in [2.75, 3.05) is 51.8 Å². The molecule has 0 radical (unpaired) electrons. The number of benzene rings is 2. The molecule has 6 heterocycles. The van der Waals surface area contributed by atoms with Crippen molar-refractivity contribution >= 4 is 28.5 Å². The molecule has 1 unspecified atom stereocenters. The zero-order valence-electron chi connectivity index (χ0n) is 33.9. The van der Waals surface area contributed by atoms with Gasteiger partial charge in [-0.1, -0.05) is 61.9 Å². The molecule has 1 aromatic heterocycles. The zero-order valence-corrected chi connectivity index (χ0v) is 33.9. The lowest BCUT2D eigenvalue weighted by atomic mass is 9.47. The van der Waals surface area contributed by atoms with Crippen LogP contribution in [-0.2, 0) is 43.4 Å². The van der Waals surface area contributed by atoms with Gasteiger partial charge < -0.3 is 24.0 Å². The number of nitrogens with zero attached hydrogens (tertiary/aromatic N) is 4. The van der Waals surface area contributed by atoms with Crippen LogP contribution in [0.3, 0.4) is 0 Å². The Hall–Kier alpha value is -3.92. The normalized spacial score (nSPS) is 36.2. The van der Waals surface area contributed by atoms with E-state index in [0.717, 1.165) is 64.1 Å². The molecular weight excluding hydrogens is 689 g/mol. The van der Waals surface area contributed by atoms with E-state index in [1.54, 1.807) is 0 Å². The second-order valence-corrected chi connectivity index (χ2v) is 17.9. The van der Waals surface area contributed by atoms with Gasteiger partial charge in [-0.3, -0.25) is 14.6 Å². The summed E-state index contributed by atoms with van der Waals surface area (Å²) in [6, 6.07) is 12.9. The topological polar surface area (TPSA) is 87.5 Å². The molecule has 1 saturated carbocycles. The second kappa shape index (κ2) is 12.5. The van der Waals surface area contributed by atoms with Crippen molar-refractivity contribution < 1.29 is 24.2 Å². The molecule has 292 valence electrons. The number of aryl methyl sites for hydroxylation is 2. The summed E-state index contributed by atoms with van der Waals surface area (Å²) in [5, 5.41) is 14.6. The fourth-order valence-electron chi connectivity index (χ4n) is 13.5. The van der Waals surface area contributed by atoms with Crippen LogP contribution in [0.4, 0.5) is 5.69 Å². The molecule has 55 heavy (non-hydrogen) atoms. The summed E-state index contributed by atoms with van der Waals surface area (Å²) in [7, 11) is 5.59. The Kier molecular flexibility index (Phi) is 8.37. The molecule has 6 aliphatic rings. The van der Waals surface area contributed by atoms with Gasteiger partial charge in [-0.05, 0) is 92.8 Å². The summed E-state index contributed by atoms with van der Waals surface area (Å²) in [5.74, 6) is -0.888. The molecule has 2 fully saturated rings. The molecule has 0 amide bonds. The predicted octanol–water partition coefficient (Wildman–Crippen LogP) is 5.95. The van der Waals surface area contributed by atoms with Crippen LogP contribution < -0.4 is 4.90 Å². The number of hydrogen-bond donors (Lipinski definition) is 1. The van der Waals surface area contributed by atoms with Crippen molar-refractivity contribution in [3.8, 4) is 0 Å². The first kappa shape index (κ1) is 36.7. The summed E-state index contributed by atoms with van der Waals surface area (Å²) < 4.78 is 14.2. The minimum atomic E-state index is -2.13. The lowest BCUT2D eigenvalue weighted by Gasteiger charge is -2.63. The number of aliphatic hydroxyl groups is 1. The van der Waals surface area contributed by atoms with Gasteiger partial charge in [0.1, 0.15) is 0 Å². The van der Waals surface area contributed by atoms with Crippen LogP contribution in [0.2, 0.25) is 0 Å². The van der Waals surface area contributed by atoms with Gasteiger partial charge in [0.15, 0.2) is 6.10 Å². The van der Waals surface area contributed by atoms with Crippen molar-refractivity contribution in [2.45, 2.75) is 101 Å². The van der Waals surface area contributed by atoms with Crippen molar-refractivity contribution in [3.05, 3.63) is 88.1 Å². The Bertz CT molecular complexity index is 2170. The number of aromatic nitrogens is 1. The molecule has 9 heteroatoms. The Morgan fingerprint density at radius 2 is 1.84 bits per heavy atom. The molecule has 9 atom stereocenters. The van der Waals surface area contributed by atoms with E-state index in [4.69, 9.17) is 9.47 Å². The molecule has 1 spiro atoms. The predicted molar refractivity (Wildman–Crippen MR) is 215 cm³/mol. The fourth-order valence-corrected chi connectivity index (χ4v) is 13.5. The number of carbonyl (C=O) groups excluding carboxylic acids is 2. The molecular formula is C46H58N4O5. The summed E-state index contributed by atoms with van der Waals surface area (Å²) in [6.45, 7) is 15.2. The second-order valence-electron chi connectivity index (χ2n) is 17.9. The third-order valence-corrected chi connectivity index (χ3v) is 15.3. The summed E-state index contributed by atoms with van der Waals surface area (Å²) in [4.78, 5) is 34.6. The lowest BCUT2D eigenvalue weighted by Crippen LogP contribution is -2.81. The monoisotopic (exact) mass is 746 g/mol. The molecule has 1 aliphatic carbocycles. The number of esters is 2. The first-order valence-electron chi connectivity index (χ1n) is 20.6. The molecule has 2 aromatic carbocycles. The maximum absolute atomic E-state index is 14.3. The van der Waals surface area contributed by atoms with Crippen LogP contribution in [0.25, 0.3) is 10.9 Å². The zero-order chi connectivity index (χ0) is 38.8. The van der Waals surface area contributed by atoms with Gasteiger partial charge in [-0.15, -0.1) is 0 Å². The van der Waals surface area contributed by atoms with Crippen molar-refractivity contribution in [1.29, 1.82) is 0 Å². The maximum atomic E-state index is 14.3. The number of likely N-dealkylation sites (N-methyl/N-ethyl adjacent to an activating group) is 1. The average Bonchev–Trinajstić information content (AvgIpc) is 3.79. The molecule has 1 saturated heterocycles. The van der Waals surface area contributed by atoms with E-state index in [2.05, 4.69) is 109 Å². The van der Waals surface area contributed by atoms with Gasteiger partial charge >= 0.3 is 11.9 Å². The van der Waals surface area contributed by atoms with Crippen molar-refractivity contribution in [3.63, 3.8) is 0 Å². The van der Waals surface area contributed by atoms with Crippen LogP contribution >= 0.6 is 0 Å². The summed E-state index contributed by atoms with van der Waals surface area (Å²) in [5.41, 5.74) is 6.37. The molecule has 3 aromatic rings. The number of fused-ring (bicyclic) bond motifs is 6. The standard InChI is InChI=1S/C46H58N4O5/c1-9-30-23-31-25-43(5,38-33(16-20-49(26-30)27-31)32-14-11-12-15-36(32)47(38)6)34-24-35-37(22-28(34)3)48(7)40-45(35)18-21-50-19-13-17-44(10-2,39(45)50)41(55-29(4)51)46(40,53)42(52)54-8/h11-15,17,22-24,31,39-41,53H,9-10,16,18-21,25-27H2,1-8H3/t31-,39-,40+,41+,43+,44+,45+,46-/m0/s1. The highest BCUT2D eigenvalue weighted by Gasteiger charge is 2.80. The van der Waals surface area contributed by atoms with Crippen molar-refractivity contribution in [2.24, 2.45) is 18.4 Å². The SMILES string of the molecule is CCC1=C[C@@H]2CN(CCc3c(n(C)c4ccccc34)[C@@](C)(c3cc4c(cc3C)N(C)[C@H]3[C@@](O)(C(=O)OC)[C@H](OC(C)=O)[C@]5(CC)C=CCN6CC[C@]43[C@@H]65)C2)C1. The summed E-state index contributed by atoms with van der Waals surface area (Å²) in [6.07, 6.45) is 10.1. The highest BCUT2D eigenvalue weighted by atomic mass is 16.6. The smallest absolute Gasteiger partial charge is 0.344 e. The number of para-hydroxylation sites is 1. The van der Waals surface area contributed by atoms with E-state index in [1.807, 2.05) is 7.05 Å². The number of methoxy groups -OCH3 is 1. The van der Waals surface area contributed by atoms with E-state index in [0.29, 0.717) is 12.3 Å². The third kappa shape index (κ3) is 4.69. The van der Waals surface area contributed by atoms with Gasteiger partial charge in [0.25, 0.3) is 0 Å². The van der Waals surface area contributed by atoms with Crippen LogP contribution in [0, 0.1) is 18.3 Å². The first-order valence-corrected chi connectivity index (χ1v) is 20.6. The van der Waals surface area contributed by atoms with Gasteiger partial charge in [0, 0.05) is 91.8 Å². The molecule has 9 rings (SSSR count). The van der Waals surface area contributed by atoms with Crippen molar-refractivity contribution in [1.82, 2.24) is 14.4 Å². The summed E-state index contributed by atoms with van der Waals surface area (Å²) >= 11 is 0. The highest BCUT2D eigenvalue weighted by molar-refractivity contribution is 5.88. The molecule has 1 N–H and O–H groups in total. The van der Waals surface area contributed by atoms with E-state index >= 15 is 0 Å².